The molecule has 4 nitrogen and oxygen atoms in total. The lowest BCUT2D eigenvalue weighted by molar-refractivity contribution is -0.138. The Hall–Kier alpha value is -9.49. The van der Waals surface area contributed by atoms with Gasteiger partial charge < -0.3 is 18.6 Å². The highest BCUT2D eigenvalue weighted by Gasteiger charge is 2.33. The van der Waals surface area contributed by atoms with Crippen LogP contribution in [0.3, 0.4) is 0 Å². The van der Waals surface area contributed by atoms with Crippen LogP contribution < -0.4 is 9.80 Å². The standard InChI is InChI=1S/C66H39F9N2O2/c1-38-12-22-48(23-13-38)76(49-26-16-45(17-27-49)64(67,68)69)52-24-14-41-34-54-56(36-43(41)32-52)78-62-60(54)58(39-8-4-2-5-9-39)59(40-10-6-3-7-11-40)61-55-35-42-15-25-53(33-44(42)37-57(55)79-63(61)62)77(50-28-18-46(19-29-50)65(70,71)72)51-30-20-47(21-31-51)66(73,74)75/h2-37H,1H3. The Morgan fingerprint density at radius 1 is 0.316 bits per heavy atom. The molecule has 0 spiro atoms. The molecule has 2 aromatic heterocycles. The van der Waals surface area contributed by atoms with Gasteiger partial charge >= 0.3 is 18.5 Å². The molecule has 0 atom stereocenters. The second-order valence-electron chi connectivity index (χ2n) is 19.5. The predicted molar refractivity (Wildman–Crippen MR) is 296 cm³/mol. The molecule has 0 saturated heterocycles. The zero-order valence-corrected chi connectivity index (χ0v) is 41.4. The van der Waals surface area contributed by atoms with Crippen LogP contribution >= 0.6 is 0 Å². The molecule has 0 saturated carbocycles. The van der Waals surface area contributed by atoms with E-state index in [0.29, 0.717) is 44.8 Å². The lowest BCUT2D eigenvalue weighted by atomic mass is 9.87. The maximum absolute atomic E-state index is 13.7. The van der Waals surface area contributed by atoms with Crippen molar-refractivity contribution in [2.75, 3.05) is 9.80 Å². The van der Waals surface area contributed by atoms with Gasteiger partial charge in [0.2, 0.25) is 0 Å². The number of anilines is 6. The number of rotatable bonds is 8. The van der Waals surface area contributed by atoms with Crippen LogP contribution in [0, 0.1) is 6.92 Å². The number of hydrogen-bond donors (Lipinski definition) is 0. The van der Waals surface area contributed by atoms with Gasteiger partial charge in [0, 0.05) is 66.8 Å². The molecule has 13 heteroatoms. The quantitative estimate of drug-likeness (QED) is 0.142. The Morgan fingerprint density at radius 3 is 0.962 bits per heavy atom. The molecule has 388 valence electrons. The molecule has 11 aromatic carbocycles. The Balaban J connectivity index is 1.03. The smallest absolute Gasteiger partial charge is 0.416 e. The minimum absolute atomic E-state index is 0.289. The molecule has 0 aliphatic carbocycles. The molecule has 2 heterocycles. The third-order valence-corrected chi connectivity index (χ3v) is 14.5. The summed E-state index contributed by atoms with van der Waals surface area (Å²) in [6.07, 6.45) is -13.7. The summed E-state index contributed by atoms with van der Waals surface area (Å²) < 4.78 is 138. The average Bonchev–Trinajstić information content (AvgIpc) is 3.49. The monoisotopic (exact) mass is 1060 g/mol. The number of furan rings is 2. The van der Waals surface area contributed by atoms with Crippen LogP contribution in [-0.4, -0.2) is 0 Å². The van der Waals surface area contributed by atoms with Gasteiger partial charge in [-0.1, -0.05) is 90.5 Å². The molecule has 0 amide bonds. The van der Waals surface area contributed by atoms with E-state index < -0.39 is 35.2 Å². The van der Waals surface area contributed by atoms with Gasteiger partial charge in [-0.25, -0.2) is 0 Å². The van der Waals surface area contributed by atoms with E-state index in [0.717, 1.165) is 108 Å². The summed E-state index contributed by atoms with van der Waals surface area (Å²) in [6.45, 7) is 1.96. The molecule has 0 aliphatic heterocycles. The minimum Gasteiger partial charge on any atom is -0.452 e. The van der Waals surface area contributed by atoms with E-state index >= 15 is 0 Å². The van der Waals surface area contributed by atoms with E-state index in [-0.39, 0.29) is 11.4 Å². The molecule has 0 unspecified atom stereocenters. The highest BCUT2D eigenvalue weighted by molar-refractivity contribution is 6.31. The fraction of sp³-hybridized carbons (Fsp3) is 0.0606. The van der Waals surface area contributed by atoms with Gasteiger partial charge in [-0.15, -0.1) is 0 Å². The molecule has 0 fully saturated rings. The summed E-state index contributed by atoms with van der Waals surface area (Å²) in [5.41, 5.74) is 7.20. The summed E-state index contributed by atoms with van der Waals surface area (Å²) in [6, 6.07) is 61.1. The highest BCUT2D eigenvalue weighted by atomic mass is 19.4. The van der Waals surface area contributed by atoms with Crippen LogP contribution in [0.5, 0.6) is 0 Å². The Labute approximate surface area is 444 Å². The van der Waals surface area contributed by atoms with Crippen LogP contribution in [0.2, 0.25) is 0 Å². The molecular formula is C66H39F9N2O2. The first-order valence-electron chi connectivity index (χ1n) is 25.0. The van der Waals surface area contributed by atoms with E-state index in [4.69, 9.17) is 8.83 Å². The molecular weight excluding hydrogens is 1020 g/mol. The number of aryl methyl sites for hydroxylation is 1. The van der Waals surface area contributed by atoms with Crippen molar-refractivity contribution < 1.29 is 48.3 Å². The SMILES string of the molecule is Cc1ccc(N(c2ccc(C(F)(F)F)cc2)c2ccc3cc4c(cc3c2)oc2c3oc5cc6cc(N(c7ccc(C(F)(F)F)cc7)c7ccc(C(F)(F)F)cc7)ccc6cc5c3c(-c3ccccc3)c(-c3ccccc3)c42)cc1. The van der Waals surface area contributed by atoms with Gasteiger partial charge in [0.25, 0.3) is 0 Å². The van der Waals surface area contributed by atoms with Crippen molar-refractivity contribution in [2.24, 2.45) is 0 Å². The normalized spacial score (nSPS) is 12.4. The maximum atomic E-state index is 13.7. The van der Waals surface area contributed by atoms with Gasteiger partial charge in [-0.05, 0) is 173 Å². The van der Waals surface area contributed by atoms with Crippen molar-refractivity contribution >= 4 is 99.5 Å². The Morgan fingerprint density at radius 2 is 0.633 bits per heavy atom. The molecule has 79 heavy (non-hydrogen) atoms. The van der Waals surface area contributed by atoms with Crippen molar-refractivity contribution in [3.8, 4) is 22.3 Å². The number of nitrogens with zero attached hydrogens (tertiary/aromatic N) is 2. The van der Waals surface area contributed by atoms with Crippen LogP contribution in [0.25, 0.3) is 87.7 Å². The maximum Gasteiger partial charge on any atom is 0.416 e. The van der Waals surface area contributed by atoms with Gasteiger partial charge in [0.15, 0.2) is 11.2 Å². The molecule has 0 aliphatic rings. The van der Waals surface area contributed by atoms with Crippen molar-refractivity contribution in [3.05, 3.63) is 241 Å². The summed E-state index contributed by atoms with van der Waals surface area (Å²) >= 11 is 0. The van der Waals surface area contributed by atoms with E-state index in [1.165, 1.54) is 36.4 Å². The number of alkyl halides is 9. The Kier molecular flexibility index (Phi) is 11.4. The fourth-order valence-electron chi connectivity index (χ4n) is 10.8. The number of halogens is 9. The molecule has 13 aromatic rings. The van der Waals surface area contributed by atoms with Crippen molar-refractivity contribution in [1.82, 2.24) is 0 Å². The van der Waals surface area contributed by atoms with Crippen molar-refractivity contribution in [3.63, 3.8) is 0 Å². The van der Waals surface area contributed by atoms with Crippen LogP contribution in [0.15, 0.2) is 227 Å². The molecule has 0 N–H and O–H groups in total. The first-order valence-corrected chi connectivity index (χ1v) is 25.0. The lowest BCUT2D eigenvalue weighted by Crippen LogP contribution is -2.12. The second-order valence-corrected chi connectivity index (χ2v) is 19.5. The van der Waals surface area contributed by atoms with E-state index in [2.05, 4.69) is 18.2 Å². The molecule has 13 rings (SSSR count). The zero-order valence-electron chi connectivity index (χ0n) is 41.4. The fourth-order valence-corrected chi connectivity index (χ4v) is 10.8. The first kappa shape index (κ1) is 49.1. The van der Waals surface area contributed by atoms with Gasteiger partial charge in [-0.2, -0.15) is 39.5 Å². The second kappa shape index (κ2) is 18.3. The Bertz CT molecular complexity index is 4410. The third kappa shape index (κ3) is 8.71. The van der Waals surface area contributed by atoms with Crippen LogP contribution in [0.4, 0.5) is 73.6 Å². The highest BCUT2D eigenvalue weighted by Crippen LogP contribution is 2.52. The van der Waals surface area contributed by atoms with Gasteiger partial charge in [0.05, 0.1) is 16.7 Å². The summed E-state index contributed by atoms with van der Waals surface area (Å²) in [5.74, 6) is 0. The number of benzene rings is 11. The van der Waals surface area contributed by atoms with Crippen molar-refractivity contribution in [2.45, 2.75) is 25.5 Å². The number of hydrogen-bond acceptors (Lipinski definition) is 4. The number of fused-ring (bicyclic) bond motifs is 9. The minimum atomic E-state index is -4.61. The van der Waals surface area contributed by atoms with Crippen molar-refractivity contribution in [1.29, 1.82) is 0 Å². The molecule has 0 radical (unpaired) electrons. The first-order chi connectivity index (χ1) is 37.9. The zero-order chi connectivity index (χ0) is 54.5. The largest absolute Gasteiger partial charge is 0.452 e. The van der Waals surface area contributed by atoms with Crippen LogP contribution in [-0.2, 0) is 18.5 Å². The van der Waals surface area contributed by atoms with Gasteiger partial charge in [-0.3, -0.25) is 0 Å². The lowest BCUT2D eigenvalue weighted by Gasteiger charge is -2.26. The van der Waals surface area contributed by atoms with Crippen LogP contribution in [0.1, 0.15) is 22.3 Å². The van der Waals surface area contributed by atoms with Gasteiger partial charge in [0.1, 0.15) is 11.2 Å². The average molecular weight is 1060 g/mol. The molecule has 0 bridgehead atoms. The third-order valence-electron chi connectivity index (χ3n) is 14.5. The van der Waals surface area contributed by atoms with E-state index in [1.807, 2.05) is 133 Å². The van der Waals surface area contributed by atoms with E-state index in [9.17, 15) is 39.5 Å². The predicted octanol–water partition coefficient (Wildman–Crippen LogP) is 21.4. The van der Waals surface area contributed by atoms with E-state index in [1.54, 1.807) is 11.0 Å². The topological polar surface area (TPSA) is 32.8 Å². The summed E-state index contributed by atoms with van der Waals surface area (Å²) in [5, 5.41) is 6.31. The summed E-state index contributed by atoms with van der Waals surface area (Å²) in [4.78, 5) is 3.51. The summed E-state index contributed by atoms with van der Waals surface area (Å²) in [7, 11) is 0.